The Morgan fingerprint density at radius 3 is 2.85 bits per heavy atom. The highest BCUT2D eigenvalue weighted by atomic mass is 35.5. The number of fused-ring (bicyclic) bond motifs is 2. The lowest BCUT2D eigenvalue weighted by atomic mass is 9.96. The van der Waals surface area contributed by atoms with Gasteiger partial charge in [-0.2, -0.15) is 9.97 Å². The van der Waals surface area contributed by atoms with E-state index in [2.05, 4.69) is 15.0 Å². The number of nitrogen functional groups attached to an aromatic ring is 1. The van der Waals surface area contributed by atoms with Crippen LogP contribution in [-0.4, -0.2) is 63.3 Å². The Hall–Kier alpha value is -3.00. The summed E-state index contributed by atoms with van der Waals surface area (Å²) in [5, 5.41) is 0.573. The number of anilines is 1. The summed E-state index contributed by atoms with van der Waals surface area (Å²) in [6, 6.07) is 7.02. The molecule has 16 heteroatoms. The Bertz CT molecular complexity index is 1460. The number of phosphoric acid groups is 1. The average Bonchev–Trinajstić information content (AvgIpc) is 3.52. The fraction of sp³-hybridized carbons (Fsp3) is 0.478. The molecular weight excluding hydrogens is 557 g/mol. The monoisotopic (exact) mass is 581 g/mol. The predicted molar refractivity (Wildman–Crippen MR) is 134 cm³/mol. The SMILES string of the molecule is CCOc1nc(N)nc2c1ncn2[C@@H]1O[C@H](CO[P@]2(=O)OCC[C@H](c3ccc(Cl)cc3)O2)[C@H]2OC(=O)O[C@]21C. The van der Waals surface area contributed by atoms with E-state index >= 15 is 0 Å². The van der Waals surface area contributed by atoms with Gasteiger partial charge in [0, 0.05) is 11.4 Å². The number of nitrogens with zero attached hydrogens (tertiary/aromatic N) is 4. The fourth-order valence-electron chi connectivity index (χ4n) is 4.92. The lowest BCUT2D eigenvalue weighted by molar-refractivity contribution is -0.0925. The van der Waals surface area contributed by atoms with E-state index in [0.29, 0.717) is 29.2 Å². The number of hydrogen-bond acceptors (Lipinski definition) is 13. The van der Waals surface area contributed by atoms with Crippen LogP contribution in [0.25, 0.3) is 11.2 Å². The maximum atomic E-state index is 13.4. The molecule has 1 aromatic carbocycles. The smallest absolute Gasteiger partial charge is 0.476 e. The zero-order chi connectivity index (χ0) is 27.4. The molecule has 0 aliphatic carbocycles. The summed E-state index contributed by atoms with van der Waals surface area (Å²) < 4.78 is 54.5. The first kappa shape index (κ1) is 26.2. The highest BCUT2D eigenvalue weighted by Crippen LogP contribution is 2.58. The number of benzene rings is 1. The number of carbonyl (C=O) groups is 1. The van der Waals surface area contributed by atoms with Crippen molar-refractivity contribution in [2.75, 3.05) is 25.6 Å². The molecule has 3 aliphatic rings. The molecule has 3 aromatic rings. The van der Waals surface area contributed by atoms with Crippen molar-refractivity contribution >= 4 is 42.7 Å². The number of carbonyl (C=O) groups excluding carboxylic acids is 1. The normalized spacial score (nSPS) is 32.1. The highest BCUT2D eigenvalue weighted by Gasteiger charge is 2.64. The van der Waals surface area contributed by atoms with Crippen molar-refractivity contribution in [3.63, 3.8) is 0 Å². The van der Waals surface area contributed by atoms with Gasteiger partial charge in [-0.3, -0.25) is 18.1 Å². The van der Waals surface area contributed by atoms with E-state index in [-0.39, 0.29) is 25.0 Å². The number of hydrogen-bond donors (Lipinski definition) is 1. The van der Waals surface area contributed by atoms with Crippen LogP contribution in [0.15, 0.2) is 30.6 Å². The molecule has 208 valence electrons. The van der Waals surface area contributed by atoms with Crippen molar-refractivity contribution in [3.05, 3.63) is 41.2 Å². The average molecular weight is 582 g/mol. The third kappa shape index (κ3) is 4.71. The standard InChI is InChI=1S/C23H25ClN5O9P/c1-3-32-19-16-18(27-21(25)28-19)29(11-26-16)20-23(2)17(36-22(30)37-23)15(35-20)10-34-39(31)33-9-8-14(38-39)12-4-6-13(24)7-5-12/h4-7,11,14-15,17,20H,3,8-10H2,1-2H3,(H2,25,27,28)/t14-,15-,17-,20-,23-,39+/m1/s1. The summed E-state index contributed by atoms with van der Waals surface area (Å²) >= 11 is 5.98. The number of imidazole rings is 1. The van der Waals surface area contributed by atoms with Crippen molar-refractivity contribution in [1.82, 2.24) is 19.5 Å². The van der Waals surface area contributed by atoms with Crippen molar-refractivity contribution in [2.45, 2.75) is 50.4 Å². The van der Waals surface area contributed by atoms with Gasteiger partial charge in [-0.05, 0) is 31.5 Å². The van der Waals surface area contributed by atoms with Crippen LogP contribution in [0.2, 0.25) is 5.02 Å². The Morgan fingerprint density at radius 2 is 2.08 bits per heavy atom. The summed E-state index contributed by atoms with van der Waals surface area (Å²) in [6.07, 6.45) is -2.23. The maximum absolute atomic E-state index is 13.4. The molecule has 39 heavy (non-hydrogen) atoms. The van der Waals surface area contributed by atoms with Crippen LogP contribution in [0.5, 0.6) is 5.88 Å². The van der Waals surface area contributed by atoms with Crippen LogP contribution in [0.1, 0.15) is 38.2 Å². The van der Waals surface area contributed by atoms with Crippen molar-refractivity contribution in [1.29, 1.82) is 0 Å². The van der Waals surface area contributed by atoms with Gasteiger partial charge in [-0.25, -0.2) is 14.3 Å². The Kier molecular flexibility index (Phi) is 6.64. The second-order valence-electron chi connectivity index (χ2n) is 9.26. The molecule has 2 aromatic heterocycles. The van der Waals surface area contributed by atoms with Crippen molar-refractivity contribution in [3.8, 4) is 5.88 Å². The van der Waals surface area contributed by atoms with E-state index in [0.717, 1.165) is 5.56 Å². The van der Waals surface area contributed by atoms with Gasteiger partial charge in [0.15, 0.2) is 29.1 Å². The quantitative estimate of drug-likeness (QED) is 0.314. The summed E-state index contributed by atoms with van der Waals surface area (Å²) in [6.45, 7) is 3.66. The second kappa shape index (κ2) is 9.88. The first-order chi connectivity index (χ1) is 18.7. The number of halogens is 1. The summed E-state index contributed by atoms with van der Waals surface area (Å²) in [4.78, 5) is 25.0. The zero-order valence-electron chi connectivity index (χ0n) is 20.9. The first-order valence-electron chi connectivity index (χ1n) is 12.2. The van der Waals surface area contributed by atoms with Gasteiger partial charge in [0.05, 0.1) is 32.3 Å². The summed E-state index contributed by atoms with van der Waals surface area (Å²) in [7, 11) is -3.98. The lowest BCUT2D eigenvalue weighted by Crippen LogP contribution is -2.42. The van der Waals surface area contributed by atoms with Crippen molar-refractivity contribution in [2.24, 2.45) is 0 Å². The van der Waals surface area contributed by atoms with E-state index in [9.17, 15) is 9.36 Å². The molecule has 2 N–H and O–H groups in total. The molecular formula is C23H25ClN5O9P. The summed E-state index contributed by atoms with van der Waals surface area (Å²) in [5.41, 5.74) is 6.03. The van der Waals surface area contributed by atoms with E-state index in [1.54, 1.807) is 42.7 Å². The minimum Gasteiger partial charge on any atom is -0.476 e. The van der Waals surface area contributed by atoms with Gasteiger partial charge in [0.1, 0.15) is 6.10 Å². The van der Waals surface area contributed by atoms with Gasteiger partial charge < -0.3 is 24.7 Å². The highest BCUT2D eigenvalue weighted by molar-refractivity contribution is 7.48. The second-order valence-corrected chi connectivity index (χ2v) is 11.3. The van der Waals surface area contributed by atoms with Gasteiger partial charge in [0.25, 0.3) is 0 Å². The molecule has 3 aliphatic heterocycles. The van der Waals surface area contributed by atoms with Crippen LogP contribution in [-0.2, 0) is 32.3 Å². The van der Waals surface area contributed by atoms with E-state index in [1.165, 1.54) is 6.33 Å². The number of rotatable bonds is 7. The van der Waals surface area contributed by atoms with Crippen molar-refractivity contribution < 1.29 is 41.9 Å². The Morgan fingerprint density at radius 1 is 1.28 bits per heavy atom. The number of ether oxygens (including phenoxy) is 4. The number of nitrogens with two attached hydrogens (primary N) is 1. The van der Waals surface area contributed by atoms with E-state index < -0.39 is 44.1 Å². The third-order valence-corrected chi connectivity index (χ3v) is 8.42. The molecule has 0 spiro atoms. The van der Waals surface area contributed by atoms with Gasteiger partial charge in [-0.15, -0.1) is 0 Å². The molecule has 3 saturated heterocycles. The molecule has 0 radical (unpaired) electrons. The van der Waals surface area contributed by atoms with Gasteiger partial charge >= 0.3 is 14.0 Å². The predicted octanol–water partition coefficient (Wildman–Crippen LogP) is 3.96. The molecule has 0 saturated carbocycles. The maximum Gasteiger partial charge on any atom is 0.509 e. The van der Waals surface area contributed by atoms with Crippen LogP contribution < -0.4 is 10.5 Å². The molecule has 0 unspecified atom stereocenters. The van der Waals surface area contributed by atoms with Crippen LogP contribution in [0, 0.1) is 0 Å². The van der Waals surface area contributed by atoms with Crippen LogP contribution >= 0.6 is 19.4 Å². The first-order valence-corrected chi connectivity index (χ1v) is 14.0. The number of aromatic nitrogens is 4. The van der Waals surface area contributed by atoms with Gasteiger partial charge in [0.2, 0.25) is 11.8 Å². The summed E-state index contributed by atoms with van der Waals surface area (Å²) in [5.74, 6) is 0.171. The fourth-order valence-corrected chi connectivity index (χ4v) is 6.44. The van der Waals surface area contributed by atoms with Crippen LogP contribution in [0.3, 0.4) is 0 Å². The minimum atomic E-state index is -3.98. The topological polar surface area (TPSA) is 168 Å². The molecule has 0 bridgehead atoms. The minimum absolute atomic E-state index is 0.0353. The Labute approximate surface area is 227 Å². The molecule has 6 atom stereocenters. The molecule has 14 nitrogen and oxygen atoms in total. The molecule has 6 rings (SSSR count). The zero-order valence-corrected chi connectivity index (χ0v) is 22.5. The molecule has 0 amide bonds. The Balaban J connectivity index is 1.24. The third-order valence-electron chi connectivity index (χ3n) is 6.69. The van der Waals surface area contributed by atoms with Crippen LogP contribution in [0.4, 0.5) is 10.7 Å². The van der Waals surface area contributed by atoms with E-state index in [4.69, 9.17) is 49.9 Å². The molecule has 3 fully saturated rings. The lowest BCUT2D eigenvalue weighted by Gasteiger charge is -2.29. The largest absolute Gasteiger partial charge is 0.509 e. The number of phosphoric ester groups is 1. The van der Waals surface area contributed by atoms with Gasteiger partial charge in [-0.1, -0.05) is 23.7 Å². The molecule has 5 heterocycles. The van der Waals surface area contributed by atoms with E-state index in [1.807, 2.05) is 0 Å².